The standard InChI is InChI=1S/C23H34N4S/c1-5-13-26-14-9-11-17-18-10-8-12-20-22(18)19(15-21(17)26)16(4)27(20)24-23(28)25(6-2)7-3/h8,10,12,17,21H,5-7,9,11,13-15H2,1-4H3,(H,24,28)/t17-,21-/m1/s1. The number of hydrogen-bond acceptors (Lipinski definition) is 2. The minimum Gasteiger partial charge on any atom is -0.348 e. The fourth-order valence-electron chi connectivity index (χ4n) is 5.48. The second kappa shape index (κ2) is 8.03. The molecule has 1 aliphatic heterocycles. The summed E-state index contributed by atoms with van der Waals surface area (Å²) in [5.41, 5.74) is 9.22. The van der Waals surface area contributed by atoms with Gasteiger partial charge in [-0.15, -0.1) is 0 Å². The maximum atomic E-state index is 5.71. The Kier molecular flexibility index (Phi) is 5.66. The highest BCUT2D eigenvalue weighted by Crippen LogP contribution is 2.45. The third kappa shape index (κ3) is 3.13. The number of rotatable bonds is 5. The van der Waals surface area contributed by atoms with E-state index in [0.717, 1.165) is 24.6 Å². The summed E-state index contributed by atoms with van der Waals surface area (Å²) in [6.45, 7) is 13.2. The Bertz CT molecular complexity index is 865. The molecule has 1 fully saturated rings. The average Bonchev–Trinajstić information content (AvgIpc) is 2.97. The molecule has 2 aromatic rings. The van der Waals surface area contributed by atoms with Crippen LogP contribution in [-0.2, 0) is 6.42 Å². The highest BCUT2D eigenvalue weighted by molar-refractivity contribution is 7.80. The van der Waals surface area contributed by atoms with E-state index in [0.29, 0.717) is 12.0 Å². The molecule has 0 saturated carbocycles. The number of aromatic nitrogens is 1. The van der Waals surface area contributed by atoms with Crippen molar-refractivity contribution in [2.24, 2.45) is 0 Å². The Morgan fingerprint density at radius 3 is 2.75 bits per heavy atom. The van der Waals surface area contributed by atoms with E-state index < -0.39 is 0 Å². The Morgan fingerprint density at radius 2 is 2.04 bits per heavy atom. The van der Waals surface area contributed by atoms with Crippen molar-refractivity contribution in [3.05, 3.63) is 35.0 Å². The second-order valence-electron chi connectivity index (χ2n) is 8.29. The van der Waals surface area contributed by atoms with Crippen LogP contribution in [0.3, 0.4) is 0 Å². The van der Waals surface area contributed by atoms with Gasteiger partial charge in [0.25, 0.3) is 0 Å². The SMILES string of the molecule is CCCN1CCC[C@@H]2c3cccc4c3c(c(C)n4NC(=S)N(CC)CC)C[C@H]21. The van der Waals surface area contributed by atoms with Crippen LogP contribution in [0.4, 0.5) is 0 Å². The van der Waals surface area contributed by atoms with Gasteiger partial charge in [0.15, 0.2) is 5.11 Å². The highest BCUT2D eigenvalue weighted by Gasteiger charge is 2.38. The topological polar surface area (TPSA) is 23.4 Å². The molecule has 4 rings (SSSR count). The molecule has 1 saturated heterocycles. The van der Waals surface area contributed by atoms with Crippen LogP contribution in [0.2, 0.25) is 0 Å². The zero-order valence-electron chi connectivity index (χ0n) is 17.8. The van der Waals surface area contributed by atoms with E-state index in [-0.39, 0.29) is 0 Å². The third-order valence-corrected chi connectivity index (χ3v) is 7.21. The van der Waals surface area contributed by atoms with Gasteiger partial charge in [-0.3, -0.25) is 15.0 Å². The van der Waals surface area contributed by atoms with Gasteiger partial charge in [0.05, 0.1) is 5.52 Å². The Labute approximate surface area is 174 Å². The quantitative estimate of drug-likeness (QED) is 0.742. The highest BCUT2D eigenvalue weighted by atomic mass is 32.1. The van der Waals surface area contributed by atoms with Gasteiger partial charge in [-0.1, -0.05) is 19.1 Å². The average molecular weight is 399 g/mol. The molecule has 152 valence electrons. The number of benzene rings is 1. The summed E-state index contributed by atoms with van der Waals surface area (Å²) < 4.78 is 2.25. The third-order valence-electron chi connectivity index (χ3n) is 6.87. The van der Waals surface area contributed by atoms with Crippen molar-refractivity contribution in [1.82, 2.24) is 14.5 Å². The maximum absolute atomic E-state index is 5.71. The number of fused-ring (bicyclic) bond motifs is 2. The lowest BCUT2D eigenvalue weighted by molar-refractivity contribution is 0.124. The molecular weight excluding hydrogens is 364 g/mol. The van der Waals surface area contributed by atoms with Crippen molar-refractivity contribution < 1.29 is 0 Å². The summed E-state index contributed by atoms with van der Waals surface area (Å²) in [7, 11) is 0. The molecule has 2 aliphatic rings. The van der Waals surface area contributed by atoms with Gasteiger partial charge in [-0.2, -0.15) is 0 Å². The van der Waals surface area contributed by atoms with Gasteiger partial charge in [-0.05, 0) is 89.0 Å². The molecule has 4 nitrogen and oxygen atoms in total. The minimum atomic E-state index is 0.649. The largest absolute Gasteiger partial charge is 0.348 e. The van der Waals surface area contributed by atoms with Gasteiger partial charge in [-0.25, -0.2) is 0 Å². The van der Waals surface area contributed by atoms with Gasteiger partial charge in [0.1, 0.15) is 0 Å². The van der Waals surface area contributed by atoms with E-state index in [2.05, 4.69) is 65.8 Å². The first kappa shape index (κ1) is 19.7. The molecule has 28 heavy (non-hydrogen) atoms. The Hall–Kier alpha value is -1.59. The zero-order chi connectivity index (χ0) is 19.8. The van der Waals surface area contributed by atoms with Gasteiger partial charge >= 0.3 is 0 Å². The summed E-state index contributed by atoms with van der Waals surface area (Å²) in [5.74, 6) is 0.668. The van der Waals surface area contributed by atoms with E-state index in [1.54, 1.807) is 5.56 Å². The van der Waals surface area contributed by atoms with Crippen molar-refractivity contribution in [3.8, 4) is 0 Å². The van der Waals surface area contributed by atoms with Crippen molar-refractivity contribution in [2.75, 3.05) is 31.6 Å². The first-order valence-corrected chi connectivity index (χ1v) is 11.4. The molecule has 1 aromatic carbocycles. The lowest BCUT2D eigenvalue weighted by Crippen LogP contribution is -2.47. The van der Waals surface area contributed by atoms with Crippen LogP contribution in [0.5, 0.6) is 0 Å². The second-order valence-corrected chi connectivity index (χ2v) is 8.67. The molecule has 1 aliphatic carbocycles. The minimum absolute atomic E-state index is 0.649. The fourth-order valence-corrected chi connectivity index (χ4v) is 5.83. The molecule has 0 radical (unpaired) electrons. The molecule has 1 N–H and O–H groups in total. The predicted octanol–water partition coefficient (Wildman–Crippen LogP) is 4.63. The van der Waals surface area contributed by atoms with Gasteiger partial charge in [0, 0.05) is 36.1 Å². The van der Waals surface area contributed by atoms with E-state index in [4.69, 9.17) is 12.2 Å². The zero-order valence-corrected chi connectivity index (χ0v) is 18.6. The van der Waals surface area contributed by atoms with Crippen LogP contribution in [0.1, 0.15) is 62.8 Å². The van der Waals surface area contributed by atoms with Crippen LogP contribution >= 0.6 is 12.2 Å². The number of thiocarbonyl (C=S) groups is 1. The van der Waals surface area contributed by atoms with Crippen LogP contribution in [0, 0.1) is 6.92 Å². The van der Waals surface area contributed by atoms with E-state index in [1.807, 2.05) is 0 Å². The molecule has 1 aromatic heterocycles. The normalized spacial score (nSPS) is 21.6. The molecular formula is C23H34N4S. The van der Waals surface area contributed by atoms with Crippen molar-refractivity contribution in [3.63, 3.8) is 0 Å². The molecule has 0 spiro atoms. The first-order valence-electron chi connectivity index (χ1n) is 11.0. The summed E-state index contributed by atoms with van der Waals surface area (Å²) in [4.78, 5) is 4.95. The summed E-state index contributed by atoms with van der Waals surface area (Å²) in [6, 6.07) is 7.52. The number of piperidine rings is 1. The van der Waals surface area contributed by atoms with Crippen molar-refractivity contribution in [2.45, 2.75) is 65.3 Å². The van der Waals surface area contributed by atoms with Crippen LogP contribution in [0.25, 0.3) is 10.9 Å². The molecule has 2 heterocycles. The summed E-state index contributed by atoms with van der Waals surface area (Å²) in [6.07, 6.45) is 5.03. The number of nitrogens with zero attached hydrogens (tertiary/aromatic N) is 3. The number of likely N-dealkylation sites (tertiary alicyclic amines) is 1. The molecule has 0 bridgehead atoms. The molecule has 5 heteroatoms. The van der Waals surface area contributed by atoms with Crippen LogP contribution < -0.4 is 5.43 Å². The lowest BCUT2D eigenvalue weighted by atomic mass is 9.74. The first-order chi connectivity index (χ1) is 13.6. The van der Waals surface area contributed by atoms with Crippen LogP contribution in [-0.4, -0.2) is 51.8 Å². The number of hydrogen-bond donors (Lipinski definition) is 1. The van der Waals surface area contributed by atoms with Crippen LogP contribution in [0.15, 0.2) is 18.2 Å². The molecule has 0 unspecified atom stereocenters. The van der Waals surface area contributed by atoms with E-state index in [9.17, 15) is 0 Å². The van der Waals surface area contributed by atoms with E-state index >= 15 is 0 Å². The predicted molar refractivity (Wildman–Crippen MR) is 123 cm³/mol. The van der Waals surface area contributed by atoms with E-state index in [1.165, 1.54) is 54.5 Å². The van der Waals surface area contributed by atoms with Crippen molar-refractivity contribution in [1.29, 1.82) is 0 Å². The Morgan fingerprint density at radius 1 is 1.25 bits per heavy atom. The summed E-state index contributed by atoms with van der Waals surface area (Å²) in [5, 5.41) is 2.29. The fraction of sp³-hybridized carbons (Fsp3) is 0.609. The number of nitrogens with one attached hydrogen (secondary N) is 1. The molecule has 2 atom stereocenters. The monoisotopic (exact) mass is 398 g/mol. The smallest absolute Gasteiger partial charge is 0.188 e. The lowest BCUT2D eigenvalue weighted by Gasteiger charge is -2.44. The van der Waals surface area contributed by atoms with Gasteiger partial charge in [0.2, 0.25) is 0 Å². The summed E-state index contributed by atoms with van der Waals surface area (Å²) >= 11 is 5.71. The van der Waals surface area contributed by atoms with Gasteiger partial charge < -0.3 is 4.90 Å². The Balaban J connectivity index is 1.77. The van der Waals surface area contributed by atoms with Crippen molar-refractivity contribution >= 4 is 28.2 Å². The maximum Gasteiger partial charge on any atom is 0.188 e. The molecule has 0 amide bonds.